The number of anilines is 1. The Morgan fingerprint density at radius 2 is 1.90 bits per heavy atom. The third kappa shape index (κ3) is 5.48. The lowest BCUT2D eigenvalue weighted by Gasteiger charge is -2.09. The number of methoxy groups -OCH3 is 1. The van der Waals surface area contributed by atoms with Crippen LogP contribution in [-0.4, -0.2) is 33.5 Å². The van der Waals surface area contributed by atoms with Gasteiger partial charge in [-0.1, -0.05) is 11.8 Å². The molecular formula is C19H17BrF2N4O3S. The Bertz CT molecular complexity index is 1020. The molecule has 0 saturated carbocycles. The number of ether oxygens (including phenoxy) is 2. The summed E-state index contributed by atoms with van der Waals surface area (Å²) < 4.78 is 39.6. The predicted octanol–water partition coefficient (Wildman–Crippen LogP) is 4.17. The zero-order valence-corrected chi connectivity index (χ0v) is 18.4. The summed E-state index contributed by atoms with van der Waals surface area (Å²) in [6.07, 6.45) is 0. The van der Waals surface area contributed by atoms with Crippen LogP contribution in [0, 0.1) is 11.6 Å². The molecule has 0 unspecified atom stereocenters. The van der Waals surface area contributed by atoms with Gasteiger partial charge in [0.2, 0.25) is 5.91 Å². The third-order valence-electron chi connectivity index (χ3n) is 3.96. The third-order valence-corrected chi connectivity index (χ3v) is 5.60. The summed E-state index contributed by atoms with van der Waals surface area (Å²) in [7, 11) is 3.34. The fraction of sp³-hybridized carbons (Fsp3) is 0.211. The fourth-order valence-corrected chi connectivity index (χ4v) is 3.62. The Hall–Kier alpha value is -2.66. The SMILES string of the molecule is COc1ccc(OCc2nnc(SCC(=O)Nc3c(F)cc(F)cc3Br)n2C)cc1. The van der Waals surface area contributed by atoms with E-state index >= 15 is 0 Å². The summed E-state index contributed by atoms with van der Waals surface area (Å²) in [4.78, 5) is 12.2. The van der Waals surface area contributed by atoms with Crippen molar-refractivity contribution in [3.8, 4) is 11.5 Å². The number of nitrogens with zero attached hydrogens (tertiary/aromatic N) is 3. The maximum absolute atomic E-state index is 13.8. The number of carbonyl (C=O) groups excluding carboxylic acids is 1. The predicted molar refractivity (Wildman–Crippen MR) is 112 cm³/mol. The molecule has 0 spiro atoms. The molecule has 7 nitrogen and oxygen atoms in total. The van der Waals surface area contributed by atoms with Crippen LogP contribution in [0.5, 0.6) is 11.5 Å². The first-order chi connectivity index (χ1) is 14.4. The van der Waals surface area contributed by atoms with E-state index in [1.165, 1.54) is 0 Å². The van der Waals surface area contributed by atoms with Crippen LogP contribution in [-0.2, 0) is 18.4 Å². The first kappa shape index (κ1) is 22.0. The molecule has 1 N–H and O–H groups in total. The van der Waals surface area contributed by atoms with Crippen LogP contribution in [0.25, 0.3) is 0 Å². The lowest BCUT2D eigenvalue weighted by atomic mass is 10.3. The Kier molecular flexibility index (Phi) is 7.27. The van der Waals surface area contributed by atoms with Crippen LogP contribution >= 0.6 is 27.7 Å². The normalized spacial score (nSPS) is 10.7. The zero-order chi connectivity index (χ0) is 21.7. The van der Waals surface area contributed by atoms with E-state index in [-0.39, 0.29) is 22.5 Å². The summed E-state index contributed by atoms with van der Waals surface area (Å²) in [5, 5.41) is 11.0. The van der Waals surface area contributed by atoms with Gasteiger partial charge in [-0.05, 0) is 46.3 Å². The van der Waals surface area contributed by atoms with Gasteiger partial charge in [-0.3, -0.25) is 4.79 Å². The molecule has 30 heavy (non-hydrogen) atoms. The minimum absolute atomic E-state index is 0.0332. The van der Waals surface area contributed by atoms with Crippen LogP contribution in [0.2, 0.25) is 0 Å². The highest BCUT2D eigenvalue weighted by Gasteiger charge is 2.15. The van der Waals surface area contributed by atoms with Crippen molar-refractivity contribution in [2.24, 2.45) is 7.05 Å². The maximum atomic E-state index is 13.8. The second kappa shape index (κ2) is 9.90. The number of amides is 1. The number of rotatable bonds is 8. The Morgan fingerprint density at radius 1 is 1.20 bits per heavy atom. The number of nitrogens with one attached hydrogen (secondary N) is 1. The van der Waals surface area contributed by atoms with Crippen LogP contribution in [0.1, 0.15) is 5.82 Å². The molecule has 0 aliphatic heterocycles. The fourth-order valence-electron chi connectivity index (χ4n) is 2.38. The molecule has 1 heterocycles. The van der Waals surface area contributed by atoms with E-state index in [2.05, 4.69) is 31.4 Å². The molecule has 0 aliphatic carbocycles. The Balaban J connectivity index is 1.55. The topological polar surface area (TPSA) is 78.3 Å². The van der Waals surface area contributed by atoms with Crippen molar-refractivity contribution in [2.45, 2.75) is 11.8 Å². The zero-order valence-electron chi connectivity index (χ0n) is 16.0. The highest BCUT2D eigenvalue weighted by Crippen LogP contribution is 2.27. The first-order valence-corrected chi connectivity index (χ1v) is 10.4. The summed E-state index contributed by atoms with van der Waals surface area (Å²) in [5.41, 5.74) is -0.117. The van der Waals surface area contributed by atoms with Crippen LogP contribution in [0.15, 0.2) is 46.0 Å². The molecule has 158 valence electrons. The highest BCUT2D eigenvalue weighted by atomic mass is 79.9. The monoisotopic (exact) mass is 498 g/mol. The summed E-state index contributed by atoms with van der Waals surface area (Å²) in [6, 6.07) is 8.90. The van der Waals surface area contributed by atoms with Crippen molar-refractivity contribution in [1.82, 2.24) is 14.8 Å². The number of thioether (sulfide) groups is 1. The molecular weight excluding hydrogens is 482 g/mol. The molecule has 0 radical (unpaired) electrons. The van der Waals surface area contributed by atoms with Gasteiger partial charge in [-0.15, -0.1) is 10.2 Å². The van der Waals surface area contributed by atoms with Crippen molar-refractivity contribution in [2.75, 3.05) is 18.2 Å². The van der Waals surface area contributed by atoms with Gasteiger partial charge in [0, 0.05) is 17.6 Å². The number of halogens is 3. The molecule has 11 heteroatoms. The van der Waals surface area contributed by atoms with E-state index < -0.39 is 17.5 Å². The Labute approximate surface area is 183 Å². The molecule has 0 bridgehead atoms. The maximum Gasteiger partial charge on any atom is 0.234 e. The molecule has 1 amide bonds. The van der Waals surface area contributed by atoms with Crippen molar-refractivity contribution in [3.63, 3.8) is 0 Å². The highest BCUT2D eigenvalue weighted by molar-refractivity contribution is 9.10. The smallest absolute Gasteiger partial charge is 0.234 e. The van der Waals surface area contributed by atoms with Gasteiger partial charge in [0.1, 0.15) is 23.9 Å². The summed E-state index contributed by atoms with van der Waals surface area (Å²) in [5.74, 6) is -0.155. The quantitative estimate of drug-likeness (QED) is 0.469. The van der Waals surface area contributed by atoms with E-state index in [1.54, 1.807) is 43.0 Å². The van der Waals surface area contributed by atoms with Crippen LogP contribution in [0.4, 0.5) is 14.5 Å². The summed E-state index contributed by atoms with van der Waals surface area (Å²) >= 11 is 4.16. The standard InChI is InChI=1S/C19H17BrF2N4O3S/c1-26-16(9-29-13-5-3-12(28-2)4-6-13)24-25-19(26)30-10-17(27)23-18-14(20)7-11(21)8-15(18)22/h3-8H,9-10H2,1-2H3,(H,23,27). The van der Waals surface area contributed by atoms with Gasteiger partial charge in [0.15, 0.2) is 16.8 Å². The minimum Gasteiger partial charge on any atom is -0.497 e. The Morgan fingerprint density at radius 3 is 2.57 bits per heavy atom. The largest absolute Gasteiger partial charge is 0.497 e. The van der Waals surface area contributed by atoms with Gasteiger partial charge in [-0.25, -0.2) is 8.78 Å². The molecule has 0 atom stereocenters. The van der Waals surface area contributed by atoms with Gasteiger partial charge in [0.25, 0.3) is 0 Å². The second-order valence-corrected chi connectivity index (χ2v) is 7.80. The number of benzene rings is 2. The molecule has 0 fully saturated rings. The lowest BCUT2D eigenvalue weighted by Crippen LogP contribution is -2.16. The molecule has 0 saturated heterocycles. The summed E-state index contributed by atoms with van der Waals surface area (Å²) in [6.45, 7) is 0.191. The molecule has 2 aromatic carbocycles. The van der Waals surface area contributed by atoms with Gasteiger partial charge in [-0.2, -0.15) is 0 Å². The van der Waals surface area contributed by atoms with Gasteiger partial charge < -0.3 is 19.4 Å². The van der Waals surface area contributed by atoms with E-state index in [4.69, 9.17) is 9.47 Å². The molecule has 3 rings (SSSR count). The van der Waals surface area contributed by atoms with Crippen molar-refractivity contribution < 1.29 is 23.0 Å². The molecule has 3 aromatic rings. The second-order valence-electron chi connectivity index (χ2n) is 6.00. The van der Waals surface area contributed by atoms with E-state index in [0.29, 0.717) is 22.8 Å². The average Bonchev–Trinajstić information content (AvgIpc) is 3.07. The van der Waals surface area contributed by atoms with Crippen LogP contribution < -0.4 is 14.8 Å². The molecule has 1 aromatic heterocycles. The van der Waals surface area contributed by atoms with Crippen LogP contribution in [0.3, 0.4) is 0 Å². The van der Waals surface area contributed by atoms with E-state index in [9.17, 15) is 13.6 Å². The average molecular weight is 499 g/mol. The van der Waals surface area contributed by atoms with Gasteiger partial charge in [0.05, 0.1) is 18.6 Å². The number of hydrogen-bond acceptors (Lipinski definition) is 6. The first-order valence-electron chi connectivity index (χ1n) is 8.59. The number of aromatic nitrogens is 3. The van der Waals surface area contributed by atoms with Crippen molar-refractivity contribution in [1.29, 1.82) is 0 Å². The number of hydrogen-bond donors (Lipinski definition) is 1. The molecule has 0 aliphatic rings. The van der Waals surface area contributed by atoms with Gasteiger partial charge >= 0.3 is 0 Å². The lowest BCUT2D eigenvalue weighted by molar-refractivity contribution is -0.113. The van der Waals surface area contributed by atoms with E-state index in [0.717, 1.165) is 23.6 Å². The minimum atomic E-state index is -0.864. The number of carbonyl (C=O) groups is 1. The van der Waals surface area contributed by atoms with Crippen molar-refractivity contribution in [3.05, 3.63) is 58.3 Å². The van der Waals surface area contributed by atoms with Crippen molar-refractivity contribution >= 4 is 39.3 Å². The van der Waals surface area contributed by atoms with E-state index in [1.807, 2.05) is 0 Å².